The van der Waals surface area contributed by atoms with Crippen LogP contribution in [0.5, 0.6) is 0 Å². The van der Waals surface area contributed by atoms with Crippen LogP contribution in [0.25, 0.3) is 10.9 Å². The van der Waals surface area contributed by atoms with E-state index in [0.29, 0.717) is 23.3 Å². The summed E-state index contributed by atoms with van der Waals surface area (Å²) in [5.74, 6) is 0.00388. The Hall–Kier alpha value is -3.00. The fourth-order valence-electron chi connectivity index (χ4n) is 3.15. The Balaban J connectivity index is 1.46. The summed E-state index contributed by atoms with van der Waals surface area (Å²) in [6, 6.07) is 12.6. The summed E-state index contributed by atoms with van der Waals surface area (Å²) < 4.78 is 23.1. The average Bonchev–Trinajstić information content (AvgIpc) is 3.01. The largest absolute Gasteiger partial charge is 0.380 e. The number of carbonyl (C=O) groups excluding carboxylic acids is 1. The molecule has 2 aromatic heterocycles. The van der Waals surface area contributed by atoms with Crippen LogP contribution in [-0.2, 0) is 9.84 Å². The van der Waals surface area contributed by atoms with Gasteiger partial charge in [-0.2, -0.15) is 0 Å². The van der Waals surface area contributed by atoms with Crippen molar-refractivity contribution in [1.29, 1.82) is 0 Å². The van der Waals surface area contributed by atoms with E-state index in [2.05, 4.69) is 20.6 Å². The second-order valence-corrected chi connectivity index (χ2v) is 8.74. The number of anilines is 2. The van der Waals surface area contributed by atoms with Gasteiger partial charge in [0.05, 0.1) is 34.6 Å². The molecule has 138 valence electrons. The van der Waals surface area contributed by atoms with E-state index in [4.69, 9.17) is 0 Å². The lowest BCUT2D eigenvalue weighted by atomic mass is 10.2. The first-order chi connectivity index (χ1) is 13.0. The van der Waals surface area contributed by atoms with E-state index in [9.17, 15) is 13.2 Å². The molecule has 2 N–H and O–H groups in total. The molecular formula is C19H18N4O3S. The van der Waals surface area contributed by atoms with Gasteiger partial charge in [0.2, 0.25) is 0 Å². The lowest BCUT2D eigenvalue weighted by molar-refractivity contribution is 0.102. The minimum Gasteiger partial charge on any atom is -0.380 e. The van der Waals surface area contributed by atoms with Gasteiger partial charge in [-0.05, 0) is 30.7 Å². The van der Waals surface area contributed by atoms with Crippen LogP contribution in [0.4, 0.5) is 11.4 Å². The lowest BCUT2D eigenvalue weighted by Gasteiger charge is -2.12. The molecule has 0 spiro atoms. The zero-order valence-corrected chi connectivity index (χ0v) is 15.2. The van der Waals surface area contributed by atoms with Gasteiger partial charge in [-0.1, -0.05) is 18.2 Å². The molecule has 1 amide bonds. The van der Waals surface area contributed by atoms with Gasteiger partial charge in [0.15, 0.2) is 9.84 Å². The highest BCUT2D eigenvalue weighted by molar-refractivity contribution is 7.91. The number of fused-ring (bicyclic) bond motifs is 1. The van der Waals surface area contributed by atoms with Crippen molar-refractivity contribution in [2.45, 2.75) is 12.5 Å². The smallest absolute Gasteiger partial charge is 0.274 e. The van der Waals surface area contributed by atoms with Crippen molar-refractivity contribution < 1.29 is 13.2 Å². The van der Waals surface area contributed by atoms with E-state index in [0.717, 1.165) is 5.39 Å². The monoisotopic (exact) mass is 382 g/mol. The lowest BCUT2D eigenvalue weighted by Crippen LogP contribution is -2.21. The number of nitrogens with zero attached hydrogens (tertiary/aromatic N) is 2. The highest BCUT2D eigenvalue weighted by atomic mass is 32.2. The first-order valence-electron chi connectivity index (χ1n) is 8.58. The van der Waals surface area contributed by atoms with E-state index in [1.165, 1.54) is 0 Å². The van der Waals surface area contributed by atoms with Crippen molar-refractivity contribution in [1.82, 2.24) is 9.97 Å². The number of hydrogen-bond donors (Lipinski definition) is 2. The maximum atomic E-state index is 12.5. The van der Waals surface area contributed by atoms with E-state index in [-0.39, 0.29) is 29.1 Å². The van der Waals surface area contributed by atoms with Crippen molar-refractivity contribution in [3.63, 3.8) is 0 Å². The van der Waals surface area contributed by atoms with Gasteiger partial charge >= 0.3 is 0 Å². The number of hydrogen-bond acceptors (Lipinski definition) is 6. The summed E-state index contributed by atoms with van der Waals surface area (Å²) in [4.78, 5) is 21.0. The number of benzene rings is 1. The number of sulfone groups is 1. The van der Waals surface area contributed by atoms with Crippen LogP contribution in [0.3, 0.4) is 0 Å². The molecule has 0 bridgehead atoms. The molecule has 0 radical (unpaired) electrons. The molecule has 1 fully saturated rings. The molecule has 3 heterocycles. The van der Waals surface area contributed by atoms with E-state index >= 15 is 0 Å². The normalized spacial score (nSPS) is 18.3. The standard InChI is InChI=1S/C19H18N4O3S/c24-19(23-16-5-1-3-13-4-2-9-20-18(13)16)17-7-6-14(11-21-17)22-15-8-10-27(25,26)12-15/h1-7,9,11,15,22H,8,10,12H2,(H,23,24). The average molecular weight is 382 g/mol. The minimum absolute atomic E-state index is 0.113. The molecule has 8 heteroatoms. The van der Waals surface area contributed by atoms with Crippen molar-refractivity contribution in [3.05, 3.63) is 60.6 Å². The molecule has 1 atom stereocenters. The molecule has 27 heavy (non-hydrogen) atoms. The topological polar surface area (TPSA) is 101 Å². The van der Waals surface area contributed by atoms with Gasteiger partial charge in [0.25, 0.3) is 5.91 Å². The van der Waals surface area contributed by atoms with Gasteiger partial charge in [-0.15, -0.1) is 0 Å². The van der Waals surface area contributed by atoms with Crippen LogP contribution in [0, 0.1) is 0 Å². The highest BCUT2D eigenvalue weighted by Crippen LogP contribution is 2.21. The number of amides is 1. The Labute approximate surface area is 156 Å². The fourth-order valence-corrected chi connectivity index (χ4v) is 4.82. The third-order valence-electron chi connectivity index (χ3n) is 4.48. The summed E-state index contributed by atoms with van der Waals surface area (Å²) in [6.07, 6.45) is 3.81. The Morgan fingerprint density at radius 1 is 1.07 bits per heavy atom. The SMILES string of the molecule is O=C(Nc1cccc2cccnc12)c1ccc(NC2CCS(=O)(=O)C2)cn1. The van der Waals surface area contributed by atoms with Gasteiger partial charge in [0, 0.05) is 17.6 Å². The van der Waals surface area contributed by atoms with Gasteiger partial charge < -0.3 is 10.6 Å². The molecule has 4 rings (SSSR count). The third-order valence-corrected chi connectivity index (χ3v) is 6.25. The van der Waals surface area contributed by atoms with Crippen LogP contribution in [0.15, 0.2) is 54.9 Å². The predicted molar refractivity (Wildman–Crippen MR) is 105 cm³/mol. The van der Waals surface area contributed by atoms with Crippen molar-refractivity contribution in [3.8, 4) is 0 Å². The second kappa shape index (κ2) is 6.96. The number of para-hydroxylation sites is 1. The molecule has 0 saturated carbocycles. The van der Waals surface area contributed by atoms with Gasteiger partial charge in [-0.3, -0.25) is 9.78 Å². The Kier molecular flexibility index (Phi) is 4.49. The number of pyridine rings is 2. The third kappa shape index (κ3) is 3.90. The molecule has 0 aliphatic carbocycles. The Bertz CT molecular complexity index is 1090. The van der Waals surface area contributed by atoms with Crippen LogP contribution in [0.2, 0.25) is 0 Å². The van der Waals surface area contributed by atoms with E-state index in [1.54, 1.807) is 30.6 Å². The predicted octanol–water partition coefficient (Wildman–Crippen LogP) is 2.48. The Morgan fingerprint density at radius 3 is 2.67 bits per heavy atom. The number of nitrogens with one attached hydrogen (secondary N) is 2. The summed E-state index contributed by atoms with van der Waals surface area (Å²) in [6.45, 7) is 0. The molecular weight excluding hydrogens is 364 g/mol. The first-order valence-corrected chi connectivity index (χ1v) is 10.4. The first kappa shape index (κ1) is 17.4. The van der Waals surface area contributed by atoms with E-state index < -0.39 is 9.84 Å². The van der Waals surface area contributed by atoms with Crippen LogP contribution >= 0.6 is 0 Å². The zero-order chi connectivity index (χ0) is 18.9. The van der Waals surface area contributed by atoms with Gasteiger partial charge in [0.1, 0.15) is 5.69 Å². The van der Waals surface area contributed by atoms with Crippen molar-refractivity contribution in [2.75, 3.05) is 22.1 Å². The molecule has 3 aromatic rings. The maximum absolute atomic E-state index is 12.5. The highest BCUT2D eigenvalue weighted by Gasteiger charge is 2.27. The molecule has 1 saturated heterocycles. The fraction of sp³-hybridized carbons (Fsp3) is 0.211. The summed E-state index contributed by atoms with van der Waals surface area (Å²) >= 11 is 0. The maximum Gasteiger partial charge on any atom is 0.274 e. The molecule has 1 aliphatic heterocycles. The number of carbonyl (C=O) groups is 1. The summed E-state index contributed by atoms with van der Waals surface area (Å²) in [7, 11) is -2.94. The number of rotatable bonds is 4. The van der Waals surface area contributed by atoms with E-state index in [1.807, 2.05) is 24.3 Å². The van der Waals surface area contributed by atoms with Crippen LogP contribution < -0.4 is 10.6 Å². The number of aromatic nitrogens is 2. The Morgan fingerprint density at radius 2 is 1.93 bits per heavy atom. The summed E-state index contributed by atoms with van der Waals surface area (Å²) in [5.41, 5.74) is 2.31. The molecule has 7 nitrogen and oxygen atoms in total. The van der Waals surface area contributed by atoms with Crippen molar-refractivity contribution >= 4 is 38.0 Å². The molecule has 1 unspecified atom stereocenters. The minimum atomic E-state index is -2.94. The molecule has 1 aromatic carbocycles. The summed E-state index contributed by atoms with van der Waals surface area (Å²) in [5, 5.41) is 6.93. The van der Waals surface area contributed by atoms with Gasteiger partial charge in [-0.25, -0.2) is 13.4 Å². The molecule has 1 aliphatic rings. The van der Waals surface area contributed by atoms with Crippen LogP contribution in [0.1, 0.15) is 16.9 Å². The van der Waals surface area contributed by atoms with Crippen LogP contribution in [-0.4, -0.2) is 41.8 Å². The second-order valence-electron chi connectivity index (χ2n) is 6.51. The zero-order valence-electron chi connectivity index (χ0n) is 14.4. The van der Waals surface area contributed by atoms with Crippen molar-refractivity contribution in [2.24, 2.45) is 0 Å². The quantitative estimate of drug-likeness (QED) is 0.719.